The van der Waals surface area contributed by atoms with Gasteiger partial charge in [0.1, 0.15) is 5.75 Å². The number of ether oxygens (including phenoxy) is 1. The molecule has 17 heavy (non-hydrogen) atoms. The quantitative estimate of drug-likeness (QED) is 0.557. The van der Waals surface area contributed by atoms with Crippen molar-refractivity contribution in [2.45, 2.75) is 12.8 Å². The third-order valence-corrected chi connectivity index (χ3v) is 1.53. The smallest absolute Gasteiger partial charge is 0.311 e. The van der Waals surface area contributed by atoms with Crippen molar-refractivity contribution < 1.29 is 85.9 Å². The van der Waals surface area contributed by atoms with E-state index in [0.29, 0.717) is 18.6 Å². The number of carbonyl (C=O) groups is 1. The van der Waals surface area contributed by atoms with Crippen molar-refractivity contribution >= 4 is 5.97 Å². The van der Waals surface area contributed by atoms with Crippen molar-refractivity contribution in [3.05, 3.63) is 36.1 Å². The van der Waals surface area contributed by atoms with Crippen LogP contribution in [-0.2, 0) is 70.2 Å². The van der Waals surface area contributed by atoms with Crippen LogP contribution >= 0.6 is 0 Å². The molecule has 0 fully saturated rings. The summed E-state index contributed by atoms with van der Waals surface area (Å²) in [6, 6.07) is 8.96. The van der Waals surface area contributed by atoms with Crippen LogP contribution in [0.3, 0.4) is 0 Å². The summed E-state index contributed by atoms with van der Waals surface area (Å²) in [5, 5.41) is 0. The van der Waals surface area contributed by atoms with Gasteiger partial charge in [-0.15, -0.1) is 0 Å². The summed E-state index contributed by atoms with van der Waals surface area (Å²) in [6.45, 7) is 0.268. The molecule has 0 aliphatic heterocycles. The Morgan fingerprint density at radius 3 is 2.12 bits per heavy atom. The van der Waals surface area contributed by atoms with Gasteiger partial charge < -0.3 is 21.4 Å². The Morgan fingerprint density at radius 1 is 1.12 bits per heavy atom. The van der Waals surface area contributed by atoms with Gasteiger partial charge in [-0.1, -0.05) is 24.6 Å². The average Bonchev–Trinajstić information content (AvgIpc) is 2.16. The number of para-hydroxylation sites is 1. The standard InChI is InChI=1S/C10H12NO2.2H2O.2Y/c11-8-4-7-10(12)13-9-5-2-1-3-6-9;;;;/h1-3,5-6,11H,4,7-8H2;2*1H2;;/q-1;;;;. The van der Waals surface area contributed by atoms with Gasteiger partial charge in [0.2, 0.25) is 0 Å². The normalized spacial score (nSPS) is 7.35. The second kappa shape index (κ2) is 16.8. The first-order chi connectivity index (χ1) is 6.33. The third kappa shape index (κ3) is 13.0. The molecule has 5 N–H and O–H groups in total. The van der Waals surface area contributed by atoms with Gasteiger partial charge in [-0.25, -0.2) is 0 Å². The van der Waals surface area contributed by atoms with Gasteiger partial charge in [0.15, 0.2) is 0 Å². The van der Waals surface area contributed by atoms with Crippen LogP contribution in [0.2, 0.25) is 0 Å². The predicted molar refractivity (Wildman–Crippen MR) is 57.7 cm³/mol. The van der Waals surface area contributed by atoms with E-state index in [-0.39, 0.29) is 88.9 Å². The minimum atomic E-state index is -0.265. The Hall–Kier alpha value is 0.778. The molecule has 0 saturated carbocycles. The molecular formula is C10H16NO4Y2-. The molecule has 0 bridgehead atoms. The second-order valence-corrected chi connectivity index (χ2v) is 2.64. The van der Waals surface area contributed by atoms with Crippen molar-refractivity contribution in [3.8, 4) is 5.75 Å². The molecule has 5 nitrogen and oxygen atoms in total. The van der Waals surface area contributed by atoms with Crippen molar-refractivity contribution in [1.29, 1.82) is 0 Å². The maximum Gasteiger partial charge on any atom is 0.311 e. The summed E-state index contributed by atoms with van der Waals surface area (Å²) in [7, 11) is 0. The van der Waals surface area contributed by atoms with Crippen LogP contribution in [0.15, 0.2) is 30.3 Å². The van der Waals surface area contributed by atoms with Crippen LogP contribution in [0, 0.1) is 0 Å². The second-order valence-electron chi connectivity index (χ2n) is 2.64. The van der Waals surface area contributed by atoms with Crippen molar-refractivity contribution in [2.24, 2.45) is 0 Å². The average molecular weight is 392 g/mol. The first-order valence-electron chi connectivity index (χ1n) is 4.23. The molecule has 0 spiro atoms. The Kier molecular flexibility index (Phi) is 26.0. The van der Waals surface area contributed by atoms with E-state index >= 15 is 0 Å². The Morgan fingerprint density at radius 2 is 1.65 bits per heavy atom. The van der Waals surface area contributed by atoms with E-state index in [1.807, 2.05) is 18.2 Å². The van der Waals surface area contributed by atoms with Crippen LogP contribution < -0.4 is 4.74 Å². The van der Waals surface area contributed by atoms with Gasteiger partial charge in [0.05, 0.1) is 0 Å². The molecule has 0 aromatic heterocycles. The number of rotatable bonds is 4. The molecule has 92 valence electrons. The summed E-state index contributed by atoms with van der Waals surface area (Å²) < 4.78 is 4.99. The molecule has 1 rings (SSSR count). The van der Waals surface area contributed by atoms with Crippen LogP contribution in [0.5, 0.6) is 5.75 Å². The van der Waals surface area contributed by atoms with Gasteiger partial charge in [0.25, 0.3) is 0 Å². The van der Waals surface area contributed by atoms with Gasteiger partial charge >= 0.3 is 5.97 Å². The zero-order valence-electron chi connectivity index (χ0n) is 9.48. The molecule has 1 aromatic rings. The van der Waals surface area contributed by atoms with Gasteiger partial charge in [-0.05, 0) is 12.1 Å². The van der Waals surface area contributed by atoms with E-state index in [1.165, 1.54) is 0 Å². The monoisotopic (exact) mass is 392 g/mol. The molecule has 1 aromatic carbocycles. The summed E-state index contributed by atoms with van der Waals surface area (Å²) in [5.74, 6) is 0.302. The number of nitrogens with one attached hydrogen (secondary N) is 1. The molecule has 2 radical (unpaired) electrons. The van der Waals surface area contributed by atoms with E-state index in [4.69, 9.17) is 10.5 Å². The molecular weight excluding hydrogens is 376 g/mol. The zero-order valence-corrected chi connectivity index (χ0v) is 15.2. The Bertz CT molecular complexity index is 272. The molecule has 0 atom stereocenters. The first kappa shape index (κ1) is 26.4. The van der Waals surface area contributed by atoms with Crippen LogP contribution in [-0.4, -0.2) is 23.5 Å². The number of carbonyl (C=O) groups excluding carboxylic acids is 1. The summed E-state index contributed by atoms with van der Waals surface area (Å²) in [6.07, 6.45) is 0.879. The van der Waals surface area contributed by atoms with Crippen molar-refractivity contribution in [3.63, 3.8) is 0 Å². The van der Waals surface area contributed by atoms with E-state index in [2.05, 4.69) is 0 Å². The minimum Gasteiger partial charge on any atom is -0.677 e. The number of esters is 1. The van der Waals surface area contributed by atoms with E-state index in [1.54, 1.807) is 12.1 Å². The van der Waals surface area contributed by atoms with Gasteiger partial charge in [0, 0.05) is 71.8 Å². The number of benzene rings is 1. The van der Waals surface area contributed by atoms with Gasteiger partial charge in [-0.3, -0.25) is 4.79 Å². The summed E-state index contributed by atoms with van der Waals surface area (Å²) in [4.78, 5) is 11.1. The molecule has 0 aliphatic rings. The Labute approximate surface area is 151 Å². The van der Waals surface area contributed by atoms with Crippen LogP contribution in [0.25, 0.3) is 5.73 Å². The third-order valence-electron chi connectivity index (χ3n) is 1.53. The molecule has 0 heterocycles. The minimum absolute atomic E-state index is 0. The fourth-order valence-corrected chi connectivity index (χ4v) is 0.904. The Balaban J connectivity index is -0.000000211. The maximum atomic E-state index is 11.1. The van der Waals surface area contributed by atoms with E-state index < -0.39 is 0 Å². The topological polar surface area (TPSA) is 113 Å². The number of hydrogen-bond acceptors (Lipinski definition) is 2. The van der Waals surface area contributed by atoms with Crippen molar-refractivity contribution in [1.82, 2.24) is 0 Å². The van der Waals surface area contributed by atoms with E-state index in [9.17, 15) is 4.79 Å². The fraction of sp³-hybridized carbons (Fsp3) is 0.300. The van der Waals surface area contributed by atoms with Gasteiger partial charge in [-0.2, -0.15) is 6.54 Å². The predicted octanol–water partition coefficient (Wildman–Crippen LogP) is 0.770. The molecule has 0 aliphatic carbocycles. The number of hydrogen-bond donors (Lipinski definition) is 0. The molecule has 0 saturated heterocycles. The zero-order chi connectivity index (χ0) is 9.52. The maximum absolute atomic E-state index is 11.1. The fourth-order valence-electron chi connectivity index (χ4n) is 0.904. The first-order valence-corrected chi connectivity index (χ1v) is 4.23. The van der Waals surface area contributed by atoms with Crippen LogP contribution in [0.4, 0.5) is 0 Å². The summed E-state index contributed by atoms with van der Waals surface area (Å²) in [5.41, 5.74) is 6.87. The van der Waals surface area contributed by atoms with E-state index in [0.717, 1.165) is 0 Å². The molecule has 0 unspecified atom stereocenters. The summed E-state index contributed by atoms with van der Waals surface area (Å²) >= 11 is 0. The molecule has 0 amide bonds. The molecule has 7 heteroatoms. The largest absolute Gasteiger partial charge is 0.677 e. The SMILES string of the molecule is O.O.[NH-]CCCC(=O)Oc1ccccc1.[Y].[Y]. The van der Waals surface area contributed by atoms with Crippen molar-refractivity contribution in [2.75, 3.05) is 6.54 Å². The van der Waals surface area contributed by atoms with Crippen LogP contribution in [0.1, 0.15) is 12.8 Å².